The molecule has 9 heteroatoms. The molecular formula is C50H45N5O2PdPt. The van der Waals surface area contributed by atoms with E-state index in [0.29, 0.717) is 40.8 Å². The van der Waals surface area contributed by atoms with E-state index in [-0.39, 0.29) is 53.3 Å². The Labute approximate surface area is 375 Å². The largest absolute Gasteiger partial charge is 2.00 e. The van der Waals surface area contributed by atoms with Crippen LogP contribution in [0.3, 0.4) is 0 Å². The molecule has 7 nitrogen and oxygen atoms in total. The molecule has 4 aromatic heterocycles. The van der Waals surface area contributed by atoms with Crippen LogP contribution in [-0.4, -0.2) is 24.5 Å². The predicted octanol–water partition coefficient (Wildman–Crippen LogP) is 13.0. The van der Waals surface area contributed by atoms with Crippen molar-refractivity contribution in [3.8, 4) is 51.5 Å². The van der Waals surface area contributed by atoms with E-state index in [2.05, 4.69) is 126 Å². The fourth-order valence-electron chi connectivity index (χ4n) is 6.88. The van der Waals surface area contributed by atoms with Crippen LogP contribution in [0.1, 0.15) is 101 Å². The summed E-state index contributed by atoms with van der Waals surface area (Å²) in [5, 5.41) is 1.91. The van der Waals surface area contributed by atoms with Crippen molar-refractivity contribution in [2.75, 3.05) is 0 Å². The summed E-state index contributed by atoms with van der Waals surface area (Å²) < 4.78 is 15.1. The molecular weight excluding hydrogens is 1000 g/mol. The average molecular weight is 1050 g/mol. The maximum Gasteiger partial charge on any atom is 2.00 e. The van der Waals surface area contributed by atoms with E-state index in [4.69, 9.17) is 19.4 Å². The van der Waals surface area contributed by atoms with E-state index in [1.807, 2.05) is 53.4 Å². The number of benzene rings is 4. The Morgan fingerprint density at radius 3 is 1.29 bits per heavy atom. The van der Waals surface area contributed by atoms with E-state index < -0.39 is 0 Å². The molecule has 0 bridgehead atoms. The van der Waals surface area contributed by atoms with Crippen LogP contribution in [0.25, 0.3) is 50.3 Å². The van der Waals surface area contributed by atoms with Gasteiger partial charge in [-0.25, -0.2) is 9.97 Å². The number of ether oxygens (including phenoxy) is 2. The topological polar surface area (TPSA) is 75.0 Å². The van der Waals surface area contributed by atoms with Crippen molar-refractivity contribution in [1.82, 2.24) is 24.5 Å². The molecule has 0 radical (unpaired) electrons. The summed E-state index contributed by atoms with van der Waals surface area (Å²) in [6, 6.07) is 40.6. The summed E-state index contributed by atoms with van der Waals surface area (Å²) in [6.07, 6.45) is 7.19. The van der Waals surface area contributed by atoms with Gasteiger partial charge in [0.05, 0.1) is 0 Å². The normalized spacial score (nSPS) is 11.4. The number of hydrogen-bond donors (Lipinski definition) is 0. The predicted molar refractivity (Wildman–Crippen MR) is 228 cm³/mol. The van der Waals surface area contributed by atoms with Gasteiger partial charge in [-0.1, -0.05) is 114 Å². The Kier molecular flexibility index (Phi) is 13.7. The molecule has 0 saturated carbocycles. The zero-order valence-electron chi connectivity index (χ0n) is 34.3. The molecule has 0 N–H and O–H groups in total. The standard InChI is InChI=1S/C50H45N5O2.Pd.Pt/c1-30(2)34-14-18-51-46(26-34)38-20-36(32(5)6)22-42(24-38)56-40-10-12-44-45-13-11-41(29-49(45)55(48(44)28-40)50-53-16-9-17-54-50)57-43-23-37(33(7)8)21-39(25-43)47-27-35(31(3)4)15-19-52-47;;/h9-23,26-27,30-33H,1-8H3;;/q-4;2*+2. The van der Waals surface area contributed by atoms with Crippen molar-refractivity contribution < 1.29 is 51.0 Å². The second-order valence-corrected chi connectivity index (χ2v) is 15.7. The first-order chi connectivity index (χ1) is 27.5. The molecule has 4 heterocycles. The number of rotatable bonds is 11. The monoisotopic (exact) mass is 1050 g/mol. The van der Waals surface area contributed by atoms with Gasteiger partial charge in [-0.05, 0) is 53.3 Å². The van der Waals surface area contributed by atoms with Crippen LogP contribution in [-0.2, 0) is 41.5 Å². The molecule has 0 saturated heterocycles. The molecule has 302 valence electrons. The number of pyridine rings is 2. The van der Waals surface area contributed by atoms with E-state index in [9.17, 15) is 0 Å². The van der Waals surface area contributed by atoms with Crippen LogP contribution < -0.4 is 9.47 Å². The maximum absolute atomic E-state index is 6.57. The third kappa shape index (κ3) is 9.42. The van der Waals surface area contributed by atoms with Crippen molar-refractivity contribution in [3.63, 3.8) is 0 Å². The third-order valence-electron chi connectivity index (χ3n) is 10.2. The van der Waals surface area contributed by atoms with E-state index in [1.165, 1.54) is 11.1 Å². The Balaban J connectivity index is 0.00000293. The minimum atomic E-state index is 0. The molecule has 59 heavy (non-hydrogen) atoms. The number of hydrogen-bond acceptors (Lipinski definition) is 6. The van der Waals surface area contributed by atoms with Gasteiger partial charge < -0.3 is 24.0 Å². The third-order valence-corrected chi connectivity index (χ3v) is 10.2. The quantitative estimate of drug-likeness (QED) is 0.0949. The summed E-state index contributed by atoms with van der Waals surface area (Å²) >= 11 is 0. The second-order valence-electron chi connectivity index (χ2n) is 15.7. The molecule has 0 aliphatic rings. The van der Waals surface area contributed by atoms with Crippen molar-refractivity contribution in [2.45, 2.75) is 79.1 Å². The molecule has 4 aromatic carbocycles. The summed E-state index contributed by atoms with van der Waals surface area (Å²) in [4.78, 5) is 18.7. The van der Waals surface area contributed by atoms with Crippen LogP contribution in [0.5, 0.6) is 23.0 Å². The summed E-state index contributed by atoms with van der Waals surface area (Å²) in [6.45, 7) is 17.4. The van der Waals surface area contributed by atoms with Gasteiger partial charge >= 0.3 is 41.5 Å². The smallest absolute Gasteiger partial charge is 0.503 e. The summed E-state index contributed by atoms with van der Waals surface area (Å²) in [5.74, 6) is 4.06. The van der Waals surface area contributed by atoms with Gasteiger partial charge in [0.1, 0.15) is 0 Å². The molecule has 0 aliphatic heterocycles. The van der Waals surface area contributed by atoms with Crippen LogP contribution in [0, 0.1) is 24.3 Å². The molecule has 8 aromatic rings. The minimum absolute atomic E-state index is 0. The minimum Gasteiger partial charge on any atom is -0.503 e. The molecule has 8 rings (SSSR count). The van der Waals surface area contributed by atoms with Gasteiger partial charge in [-0.3, -0.25) is 0 Å². The molecule has 0 aliphatic carbocycles. The Morgan fingerprint density at radius 2 is 0.881 bits per heavy atom. The zero-order chi connectivity index (χ0) is 39.8. The summed E-state index contributed by atoms with van der Waals surface area (Å²) in [7, 11) is 0. The van der Waals surface area contributed by atoms with Crippen molar-refractivity contribution in [2.24, 2.45) is 0 Å². The Hall–Kier alpha value is -4.99. The van der Waals surface area contributed by atoms with E-state index in [1.54, 1.807) is 18.5 Å². The van der Waals surface area contributed by atoms with Gasteiger partial charge in [-0.15, -0.1) is 58.7 Å². The fraction of sp³-hybridized carbons (Fsp3) is 0.240. The van der Waals surface area contributed by atoms with Crippen molar-refractivity contribution in [1.29, 1.82) is 0 Å². The van der Waals surface area contributed by atoms with Crippen molar-refractivity contribution >= 4 is 21.8 Å². The van der Waals surface area contributed by atoms with Crippen LogP contribution in [0.4, 0.5) is 0 Å². The second kappa shape index (κ2) is 18.5. The molecule has 0 unspecified atom stereocenters. The number of fused-ring (bicyclic) bond motifs is 3. The van der Waals surface area contributed by atoms with Crippen LogP contribution in [0.15, 0.2) is 104 Å². The molecule has 0 fully saturated rings. The van der Waals surface area contributed by atoms with Crippen LogP contribution in [0.2, 0.25) is 0 Å². The average Bonchev–Trinajstić information content (AvgIpc) is 3.53. The molecule has 0 amide bonds. The fourth-order valence-corrected chi connectivity index (χ4v) is 6.88. The number of aromatic nitrogens is 5. The van der Waals surface area contributed by atoms with Crippen molar-refractivity contribution in [3.05, 3.63) is 150 Å². The Bertz CT molecular complexity index is 2560. The maximum atomic E-state index is 6.57. The number of nitrogens with zero attached hydrogens (tertiary/aromatic N) is 5. The van der Waals surface area contributed by atoms with Gasteiger partial charge in [0.25, 0.3) is 0 Å². The van der Waals surface area contributed by atoms with Gasteiger partial charge in [0.2, 0.25) is 5.95 Å². The van der Waals surface area contributed by atoms with Gasteiger partial charge in [-0.2, -0.15) is 22.9 Å². The van der Waals surface area contributed by atoms with Gasteiger partial charge in [0, 0.05) is 47.8 Å². The first kappa shape index (κ1) is 43.6. The SMILES string of the molecule is CC(C)c1cc(Oc2[c-]c3c(cc2)c2ccc(Oc4[c-]c(-c5cc(C(C)C)ccn5)cc(C(C)C)c4)[c-]c2n3-c2ncccn2)[c-]c(-c2cc(C(C)C)ccn2)c1.[Pd+2].[Pt+2]. The van der Waals surface area contributed by atoms with Gasteiger partial charge in [0.15, 0.2) is 0 Å². The first-order valence-electron chi connectivity index (χ1n) is 19.6. The first-order valence-corrected chi connectivity index (χ1v) is 19.6. The molecule has 0 atom stereocenters. The Morgan fingerprint density at radius 1 is 0.458 bits per heavy atom. The van der Waals surface area contributed by atoms with Crippen LogP contribution >= 0.6 is 0 Å². The van der Waals surface area contributed by atoms with E-state index >= 15 is 0 Å². The zero-order valence-corrected chi connectivity index (χ0v) is 38.1. The van der Waals surface area contributed by atoms with E-state index in [0.717, 1.165) is 55.4 Å². The summed E-state index contributed by atoms with van der Waals surface area (Å²) in [5.41, 5.74) is 9.72. The molecule has 0 spiro atoms.